The standard InChI is InChI=1S/C20H20FN3O/c1-24-14-16(13-22-24)12-20(25)23-19(11-15-7-3-2-4-8-15)17-9-5-6-10-18(17)21/h2-10,13-14,19H,11-12H2,1H3,(H,23,25)/t19-/m1/s1. The van der Waals surface area contributed by atoms with Gasteiger partial charge in [-0.3, -0.25) is 9.48 Å². The number of hydrogen-bond acceptors (Lipinski definition) is 2. The number of benzene rings is 2. The van der Waals surface area contributed by atoms with Gasteiger partial charge in [0.25, 0.3) is 0 Å². The molecule has 1 aromatic heterocycles. The third kappa shape index (κ3) is 4.53. The molecule has 0 bridgehead atoms. The van der Waals surface area contributed by atoms with Crippen molar-refractivity contribution in [2.45, 2.75) is 18.9 Å². The minimum atomic E-state index is -0.423. The molecule has 0 spiro atoms. The van der Waals surface area contributed by atoms with E-state index in [1.807, 2.05) is 30.3 Å². The number of hydrogen-bond donors (Lipinski definition) is 1. The maximum Gasteiger partial charge on any atom is 0.225 e. The number of carbonyl (C=O) groups excluding carboxylic acids is 1. The smallest absolute Gasteiger partial charge is 0.225 e. The number of carbonyl (C=O) groups is 1. The van der Waals surface area contributed by atoms with Crippen molar-refractivity contribution in [1.29, 1.82) is 0 Å². The average Bonchev–Trinajstić information content (AvgIpc) is 3.00. The highest BCUT2D eigenvalue weighted by molar-refractivity contribution is 5.79. The van der Waals surface area contributed by atoms with Gasteiger partial charge in [-0.05, 0) is 23.6 Å². The average molecular weight is 337 g/mol. The topological polar surface area (TPSA) is 46.9 Å². The third-order valence-corrected chi connectivity index (χ3v) is 4.02. The Morgan fingerprint density at radius 2 is 1.84 bits per heavy atom. The molecule has 4 nitrogen and oxygen atoms in total. The molecule has 1 N–H and O–H groups in total. The summed E-state index contributed by atoms with van der Waals surface area (Å²) in [7, 11) is 1.80. The SMILES string of the molecule is Cn1cc(CC(=O)N[C@H](Cc2ccccc2)c2ccccc2F)cn1. The molecule has 0 aliphatic carbocycles. The Hall–Kier alpha value is -2.95. The van der Waals surface area contributed by atoms with Gasteiger partial charge in [0.2, 0.25) is 5.91 Å². The first-order valence-corrected chi connectivity index (χ1v) is 8.17. The van der Waals surface area contributed by atoms with Gasteiger partial charge < -0.3 is 5.32 Å². The summed E-state index contributed by atoms with van der Waals surface area (Å²) in [6.07, 6.45) is 4.21. The molecule has 25 heavy (non-hydrogen) atoms. The van der Waals surface area contributed by atoms with Crippen LogP contribution in [-0.2, 0) is 24.7 Å². The second-order valence-electron chi connectivity index (χ2n) is 6.03. The fourth-order valence-electron chi connectivity index (χ4n) is 2.84. The monoisotopic (exact) mass is 337 g/mol. The number of aromatic nitrogens is 2. The predicted octanol–water partition coefficient (Wildman–Crippen LogP) is 3.20. The number of nitrogens with one attached hydrogen (secondary N) is 1. The van der Waals surface area contributed by atoms with E-state index in [1.54, 1.807) is 42.3 Å². The molecule has 0 saturated heterocycles. The van der Waals surface area contributed by atoms with Crippen molar-refractivity contribution < 1.29 is 9.18 Å². The van der Waals surface area contributed by atoms with Crippen LogP contribution in [0.15, 0.2) is 67.0 Å². The van der Waals surface area contributed by atoms with Crippen molar-refractivity contribution in [2.75, 3.05) is 0 Å². The Kier molecular flexibility index (Phi) is 5.23. The minimum Gasteiger partial charge on any atom is -0.349 e. The lowest BCUT2D eigenvalue weighted by Gasteiger charge is -2.20. The first-order valence-electron chi connectivity index (χ1n) is 8.17. The summed E-state index contributed by atoms with van der Waals surface area (Å²) in [5.41, 5.74) is 2.36. The Bertz CT molecular complexity index is 845. The van der Waals surface area contributed by atoms with Crippen molar-refractivity contribution in [2.24, 2.45) is 7.05 Å². The highest BCUT2D eigenvalue weighted by Gasteiger charge is 2.19. The van der Waals surface area contributed by atoms with Crippen molar-refractivity contribution >= 4 is 5.91 Å². The lowest BCUT2D eigenvalue weighted by atomic mass is 9.98. The molecule has 1 heterocycles. The molecule has 3 rings (SSSR count). The summed E-state index contributed by atoms with van der Waals surface area (Å²) in [5, 5.41) is 7.03. The Morgan fingerprint density at radius 3 is 2.52 bits per heavy atom. The quantitative estimate of drug-likeness (QED) is 0.751. The summed E-state index contributed by atoms with van der Waals surface area (Å²) >= 11 is 0. The van der Waals surface area contributed by atoms with Crippen LogP contribution in [0, 0.1) is 5.82 Å². The molecule has 1 atom stereocenters. The van der Waals surface area contributed by atoms with E-state index in [0.29, 0.717) is 12.0 Å². The Labute approximate surface area is 146 Å². The second-order valence-corrected chi connectivity index (χ2v) is 6.03. The van der Waals surface area contributed by atoms with Gasteiger partial charge in [0.15, 0.2) is 0 Å². The van der Waals surface area contributed by atoms with E-state index in [9.17, 15) is 9.18 Å². The highest BCUT2D eigenvalue weighted by atomic mass is 19.1. The molecule has 0 unspecified atom stereocenters. The maximum absolute atomic E-state index is 14.3. The van der Waals surface area contributed by atoms with Crippen molar-refractivity contribution in [3.05, 3.63) is 89.5 Å². The first-order chi connectivity index (χ1) is 12.1. The molecule has 1 amide bonds. The van der Waals surface area contributed by atoms with E-state index in [1.165, 1.54) is 6.07 Å². The number of halogens is 1. The summed E-state index contributed by atoms with van der Waals surface area (Å²) in [5.74, 6) is -0.470. The number of rotatable bonds is 6. The van der Waals surface area contributed by atoms with Gasteiger partial charge in [-0.1, -0.05) is 48.5 Å². The second kappa shape index (κ2) is 7.75. The van der Waals surface area contributed by atoms with Gasteiger partial charge >= 0.3 is 0 Å². The van der Waals surface area contributed by atoms with Gasteiger partial charge in [-0.25, -0.2) is 4.39 Å². The molecule has 0 fully saturated rings. The molecule has 2 aromatic carbocycles. The van der Waals surface area contributed by atoms with E-state index >= 15 is 0 Å². The van der Waals surface area contributed by atoms with Crippen LogP contribution in [0.25, 0.3) is 0 Å². The Morgan fingerprint density at radius 1 is 1.12 bits per heavy atom. The summed E-state index contributed by atoms with van der Waals surface area (Å²) < 4.78 is 15.9. The molecule has 0 aliphatic heterocycles. The van der Waals surface area contributed by atoms with Gasteiger partial charge in [-0.2, -0.15) is 5.10 Å². The van der Waals surface area contributed by atoms with Crippen LogP contribution in [0.5, 0.6) is 0 Å². The molecule has 0 aliphatic rings. The fourth-order valence-corrected chi connectivity index (χ4v) is 2.84. The van der Waals surface area contributed by atoms with Crippen molar-refractivity contribution in [1.82, 2.24) is 15.1 Å². The first kappa shape index (κ1) is 16.9. The molecular weight excluding hydrogens is 317 g/mol. The van der Waals surface area contributed by atoms with E-state index in [2.05, 4.69) is 10.4 Å². The lowest BCUT2D eigenvalue weighted by Crippen LogP contribution is -2.31. The zero-order valence-corrected chi connectivity index (χ0v) is 14.0. The number of amides is 1. The summed E-state index contributed by atoms with van der Waals surface area (Å²) in [4.78, 5) is 12.4. The summed E-state index contributed by atoms with van der Waals surface area (Å²) in [6, 6.07) is 15.9. The molecule has 3 aromatic rings. The molecule has 128 valence electrons. The van der Waals surface area contributed by atoms with Crippen molar-refractivity contribution in [3.8, 4) is 0 Å². The van der Waals surface area contributed by atoms with Crippen LogP contribution >= 0.6 is 0 Å². The van der Waals surface area contributed by atoms with E-state index < -0.39 is 6.04 Å². The largest absolute Gasteiger partial charge is 0.349 e. The Balaban J connectivity index is 1.78. The zero-order valence-electron chi connectivity index (χ0n) is 14.0. The molecule has 5 heteroatoms. The van der Waals surface area contributed by atoms with Crippen LogP contribution < -0.4 is 5.32 Å². The highest BCUT2D eigenvalue weighted by Crippen LogP contribution is 2.21. The molecular formula is C20H20FN3O. The lowest BCUT2D eigenvalue weighted by molar-refractivity contribution is -0.121. The van der Waals surface area contributed by atoms with Crippen LogP contribution in [0.3, 0.4) is 0 Å². The number of nitrogens with zero attached hydrogens (tertiary/aromatic N) is 2. The predicted molar refractivity (Wildman–Crippen MR) is 94.3 cm³/mol. The number of aryl methyl sites for hydroxylation is 1. The maximum atomic E-state index is 14.3. The summed E-state index contributed by atoms with van der Waals surface area (Å²) in [6.45, 7) is 0. The minimum absolute atomic E-state index is 0.155. The van der Waals surface area contributed by atoms with E-state index in [-0.39, 0.29) is 18.1 Å². The zero-order chi connectivity index (χ0) is 17.6. The van der Waals surface area contributed by atoms with Gasteiger partial charge in [0.05, 0.1) is 18.7 Å². The molecule has 0 saturated carbocycles. The van der Waals surface area contributed by atoms with Crippen LogP contribution in [-0.4, -0.2) is 15.7 Å². The van der Waals surface area contributed by atoms with Gasteiger partial charge in [0, 0.05) is 18.8 Å². The van der Waals surface area contributed by atoms with E-state index in [4.69, 9.17) is 0 Å². The molecule has 0 radical (unpaired) electrons. The van der Waals surface area contributed by atoms with Gasteiger partial charge in [-0.15, -0.1) is 0 Å². The van der Waals surface area contributed by atoms with Crippen LogP contribution in [0.4, 0.5) is 4.39 Å². The van der Waals surface area contributed by atoms with Crippen molar-refractivity contribution in [3.63, 3.8) is 0 Å². The van der Waals surface area contributed by atoms with Crippen LogP contribution in [0.2, 0.25) is 0 Å². The third-order valence-electron chi connectivity index (χ3n) is 4.02. The van der Waals surface area contributed by atoms with Crippen LogP contribution in [0.1, 0.15) is 22.7 Å². The van der Waals surface area contributed by atoms with Gasteiger partial charge in [0.1, 0.15) is 5.82 Å². The fraction of sp³-hybridized carbons (Fsp3) is 0.200. The normalized spacial score (nSPS) is 11.9. The van der Waals surface area contributed by atoms with E-state index in [0.717, 1.165) is 11.1 Å².